The number of benzene rings is 1. The van der Waals surface area contributed by atoms with Gasteiger partial charge in [-0.05, 0) is 44.1 Å². The molecule has 1 atom stereocenters. The summed E-state index contributed by atoms with van der Waals surface area (Å²) in [4.78, 5) is 0. The van der Waals surface area contributed by atoms with Crippen molar-refractivity contribution in [2.75, 3.05) is 6.61 Å². The molecule has 2 aliphatic rings. The molecule has 0 N–H and O–H groups in total. The summed E-state index contributed by atoms with van der Waals surface area (Å²) in [5.41, 5.74) is 6.16. The van der Waals surface area contributed by atoms with Crippen molar-refractivity contribution in [3.8, 4) is 0 Å². The molecule has 118 valence electrons. The van der Waals surface area contributed by atoms with E-state index in [4.69, 9.17) is 4.74 Å². The van der Waals surface area contributed by atoms with E-state index in [1.807, 2.05) is 0 Å². The Morgan fingerprint density at radius 1 is 1.00 bits per heavy atom. The van der Waals surface area contributed by atoms with Crippen molar-refractivity contribution in [2.24, 2.45) is 5.41 Å². The predicted octanol–water partition coefficient (Wildman–Crippen LogP) is 4.56. The molecule has 1 aromatic carbocycles. The molecule has 1 saturated carbocycles. The predicted molar refractivity (Wildman–Crippen MR) is 96.5 cm³/mol. The Morgan fingerprint density at radius 2 is 1.73 bits per heavy atom. The average molecular weight is 313 g/mol. The summed E-state index contributed by atoms with van der Waals surface area (Å²) in [6.07, 6.45) is 8.79. The lowest BCUT2D eigenvalue weighted by Crippen LogP contribution is -2.64. The Labute approximate surface area is 136 Å². The maximum Gasteiger partial charge on any atom is 0.122 e. The van der Waals surface area contributed by atoms with Gasteiger partial charge >= 0.3 is 0 Å². The molecule has 1 aromatic rings. The molecule has 3 rings (SSSR count). The molecule has 1 nitrogen and oxygen atoms in total. The molecule has 0 spiro atoms. The van der Waals surface area contributed by atoms with Crippen LogP contribution in [0.1, 0.15) is 44.1 Å². The topological polar surface area (TPSA) is 9.23 Å². The molecule has 1 saturated heterocycles. The minimum atomic E-state index is -1.34. The fourth-order valence-corrected chi connectivity index (χ4v) is 7.57. The van der Waals surface area contributed by atoms with Crippen LogP contribution in [0, 0.1) is 5.41 Å². The van der Waals surface area contributed by atoms with Crippen molar-refractivity contribution in [1.29, 1.82) is 0 Å². The van der Waals surface area contributed by atoms with Crippen molar-refractivity contribution in [2.45, 2.75) is 50.2 Å². The molecule has 1 unspecified atom stereocenters. The van der Waals surface area contributed by atoms with Gasteiger partial charge in [0.1, 0.15) is 8.80 Å². The molecular formula is C20H28OSi. The van der Waals surface area contributed by atoms with Crippen LogP contribution in [-0.2, 0) is 11.2 Å². The van der Waals surface area contributed by atoms with E-state index in [2.05, 4.69) is 54.9 Å². The highest BCUT2D eigenvalue weighted by Crippen LogP contribution is 2.57. The van der Waals surface area contributed by atoms with Crippen LogP contribution in [0.25, 0.3) is 0 Å². The van der Waals surface area contributed by atoms with Gasteiger partial charge in [-0.1, -0.05) is 48.2 Å². The Balaban J connectivity index is 1.96. The van der Waals surface area contributed by atoms with Crippen LogP contribution in [0.15, 0.2) is 54.9 Å². The third-order valence-electron chi connectivity index (χ3n) is 5.94. The summed E-state index contributed by atoms with van der Waals surface area (Å²) in [5.74, 6) is 0. The first-order valence-corrected chi connectivity index (χ1v) is 10.6. The molecule has 0 amide bonds. The molecule has 0 bridgehead atoms. The van der Waals surface area contributed by atoms with Gasteiger partial charge in [0.15, 0.2) is 0 Å². The fraction of sp³-hybridized carbons (Fsp3) is 0.500. The molecule has 22 heavy (non-hydrogen) atoms. The summed E-state index contributed by atoms with van der Waals surface area (Å²) in [7, 11) is -1.34. The first-order valence-electron chi connectivity index (χ1n) is 8.69. The highest BCUT2D eigenvalue weighted by atomic mass is 28.3. The summed E-state index contributed by atoms with van der Waals surface area (Å²) in [6, 6.07) is 11.0. The van der Waals surface area contributed by atoms with Gasteiger partial charge in [-0.25, -0.2) is 0 Å². The van der Waals surface area contributed by atoms with Crippen LogP contribution < -0.4 is 0 Å². The Hall–Kier alpha value is -1.12. The zero-order valence-corrected chi connectivity index (χ0v) is 14.8. The Morgan fingerprint density at radius 3 is 2.23 bits per heavy atom. The molecule has 1 aliphatic heterocycles. The van der Waals surface area contributed by atoms with E-state index in [0.29, 0.717) is 5.41 Å². The normalized spacial score (nSPS) is 27.1. The van der Waals surface area contributed by atoms with Crippen molar-refractivity contribution < 1.29 is 4.74 Å². The fourth-order valence-electron chi connectivity index (χ4n) is 4.67. The minimum absolute atomic E-state index is 0.0445. The summed E-state index contributed by atoms with van der Waals surface area (Å²) >= 11 is 0. The van der Waals surface area contributed by atoms with Gasteiger partial charge in [-0.2, -0.15) is 0 Å². The Kier molecular flexibility index (Phi) is 4.69. The van der Waals surface area contributed by atoms with E-state index >= 15 is 0 Å². The van der Waals surface area contributed by atoms with E-state index in [9.17, 15) is 0 Å². The van der Waals surface area contributed by atoms with Gasteiger partial charge < -0.3 is 4.74 Å². The lowest BCUT2D eigenvalue weighted by Gasteiger charge is -2.59. The summed E-state index contributed by atoms with van der Waals surface area (Å²) in [6.45, 7) is 9.20. The second-order valence-corrected chi connectivity index (χ2v) is 9.92. The number of rotatable bonds is 6. The zero-order valence-electron chi connectivity index (χ0n) is 13.6. The van der Waals surface area contributed by atoms with E-state index in [-0.39, 0.29) is 5.22 Å². The lowest BCUT2D eigenvalue weighted by atomic mass is 9.60. The van der Waals surface area contributed by atoms with Crippen molar-refractivity contribution in [1.82, 2.24) is 0 Å². The van der Waals surface area contributed by atoms with Crippen LogP contribution in [0.2, 0.25) is 0 Å². The van der Waals surface area contributed by atoms with Gasteiger partial charge in [-0.15, -0.1) is 13.2 Å². The SMILES string of the molecule is C=C[SiH](C=C)C1(C2(Cc3ccccc3)CCC2)CCCCO1. The maximum absolute atomic E-state index is 6.61. The highest BCUT2D eigenvalue weighted by Gasteiger charge is 2.58. The van der Waals surface area contributed by atoms with Crippen molar-refractivity contribution >= 4 is 8.80 Å². The number of hydrogen-bond acceptors (Lipinski definition) is 1. The Bertz CT molecular complexity index is 504. The van der Waals surface area contributed by atoms with E-state index in [1.165, 1.54) is 44.1 Å². The van der Waals surface area contributed by atoms with Crippen LogP contribution >= 0.6 is 0 Å². The van der Waals surface area contributed by atoms with Crippen molar-refractivity contribution in [3.63, 3.8) is 0 Å². The van der Waals surface area contributed by atoms with E-state index in [0.717, 1.165) is 13.0 Å². The average Bonchev–Trinajstić information content (AvgIpc) is 2.54. The van der Waals surface area contributed by atoms with E-state index in [1.54, 1.807) is 0 Å². The summed E-state index contributed by atoms with van der Waals surface area (Å²) in [5, 5.41) is 0.0445. The van der Waals surface area contributed by atoms with Crippen LogP contribution in [-0.4, -0.2) is 20.6 Å². The van der Waals surface area contributed by atoms with Gasteiger partial charge in [0.05, 0.1) is 5.22 Å². The monoisotopic (exact) mass is 312 g/mol. The number of ether oxygens (including phenoxy) is 1. The van der Waals surface area contributed by atoms with Gasteiger partial charge in [0, 0.05) is 12.0 Å². The van der Waals surface area contributed by atoms with Crippen LogP contribution in [0.5, 0.6) is 0 Å². The van der Waals surface area contributed by atoms with Gasteiger partial charge in [0.2, 0.25) is 0 Å². The van der Waals surface area contributed by atoms with Gasteiger partial charge in [-0.3, -0.25) is 0 Å². The summed E-state index contributed by atoms with van der Waals surface area (Å²) < 4.78 is 6.61. The quantitative estimate of drug-likeness (QED) is 0.700. The molecule has 2 fully saturated rings. The standard InChI is InChI=1S/C20H28OSi/c1-3-22(4-2)20(15-8-9-16-21-20)19(13-10-14-19)17-18-11-6-5-7-12-18/h3-7,11-12,22H,1-2,8-10,13-17H2. The van der Waals surface area contributed by atoms with Crippen LogP contribution in [0.3, 0.4) is 0 Å². The third kappa shape index (κ3) is 2.53. The smallest absolute Gasteiger partial charge is 0.122 e. The first-order chi connectivity index (χ1) is 10.8. The third-order valence-corrected chi connectivity index (χ3v) is 9.10. The van der Waals surface area contributed by atoms with Crippen LogP contribution in [0.4, 0.5) is 0 Å². The molecule has 0 radical (unpaired) electrons. The maximum atomic E-state index is 6.61. The van der Waals surface area contributed by atoms with Gasteiger partial charge in [0.25, 0.3) is 0 Å². The highest BCUT2D eigenvalue weighted by molar-refractivity contribution is 6.72. The lowest BCUT2D eigenvalue weighted by molar-refractivity contribution is -0.139. The second-order valence-electron chi connectivity index (χ2n) is 6.99. The molecule has 1 aliphatic carbocycles. The zero-order chi connectivity index (χ0) is 15.5. The molecule has 0 aromatic heterocycles. The molecule has 2 heteroatoms. The molecule has 1 heterocycles. The largest absolute Gasteiger partial charge is 0.377 e. The molecular weight excluding hydrogens is 284 g/mol. The number of hydrogen-bond donors (Lipinski definition) is 0. The van der Waals surface area contributed by atoms with Crippen molar-refractivity contribution in [3.05, 3.63) is 60.5 Å². The first kappa shape index (κ1) is 15.8. The minimum Gasteiger partial charge on any atom is -0.377 e. The van der Waals surface area contributed by atoms with E-state index < -0.39 is 8.80 Å². The second kappa shape index (κ2) is 6.55.